The Morgan fingerprint density at radius 3 is 0.971 bits per heavy atom. The van der Waals surface area contributed by atoms with E-state index in [0.717, 1.165) is 43.8 Å². The van der Waals surface area contributed by atoms with Gasteiger partial charge in [-0.15, -0.1) is 0 Å². The van der Waals surface area contributed by atoms with Crippen LogP contribution in [0, 0.1) is 0 Å². The number of hydrogen-bond donors (Lipinski definition) is 0. The first-order valence-electron chi connectivity index (χ1n) is 27.1. The van der Waals surface area contributed by atoms with Gasteiger partial charge in [-0.1, -0.05) is 150 Å². The Labute approximate surface area is 427 Å². The Morgan fingerprint density at radius 1 is 0.382 bits per heavy atom. The minimum absolute atomic E-state index is 0. The average Bonchev–Trinajstić information content (AvgIpc) is 4.21. The molecule has 68 heavy (non-hydrogen) atoms. The summed E-state index contributed by atoms with van der Waals surface area (Å²) in [5.41, 5.74) is 14.8. The molecule has 1 aliphatic heterocycles. The van der Waals surface area contributed by atoms with Crippen molar-refractivity contribution in [2.24, 2.45) is 0 Å². The molecule has 6 aromatic rings. The first kappa shape index (κ1) is 45.7. The maximum absolute atomic E-state index is 15.2. The van der Waals surface area contributed by atoms with Gasteiger partial charge in [-0.2, -0.15) is 0 Å². The summed E-state index contributed by atoms with van der Waals surface area (Å²) in [6.07, 6.45) is 29.6. The second kappa shape index (κ2) is 19.0. The zero-order valence-electron chi connectivity index (χ0n) is 40.6. The summed E-state index contributed by atoms with van der Waals surface area (Å²) >= 11 is 0. The maximum atomic E-state index is 15.2. The number of benzene rings is 6. The number of rotatable bonds is 8. The van der Waals surface area contributed by atoms with E-state index >= 15 is 9.46 Å². The van der Waals surface area contributed by atoms with Gasteiger partial charge in [0.2, 0.25) is 0 Å². The molecule has 6 fully saturated rings. The van der Waals surface area contributed by atoms with Gasteiger partial charge in [0.1, 0.15) is 11.5 Å². The normalized spacial score (nSPS) is 21.6. The molecule has 6 saturated carbocycles. The van der Waals surface area contributed by atoms with E-state index in [1.165, 1.54) is 199 Å². The van der Waals surface area contributed by atoms with Crippen LogP contribution in [0.5, 0.6) is 11.5 Å². The van der Waals surface area contributed by atoms with Crippen LogP contribution in [0.25, 0.3) is 54.9 Å². The van der Waals surface area contributed by atoms with Gasteiger partial charge >= 0.3 is 37.4 Å². The molecule has 0 unspecified atom stereocenters. The smallest absolute Gasteiger partial charge is 0.736 e. The standard InChI is InChI=1S/C62H69O4P.Na/c63-67(64)65-61-55(57-51(41-21-5-6-22-41)35-47(39-17-1-2-18-39)36-52(57)42-23-7-8-24-42)33-45-29-13-15-31-49(45)59(61)60-50-32-16-14-30-46(50)34-56(62(60)66-67)58-53(43-25-9-10-26-43)37-48(40-19-3-4-20-40)38-54(58)44-27-11-12-28-44;/h13-16,29-44H,1-12,17-28H2,(H,63,64);/q;+1/p-1. The first-order valence-corrected chi connectivity index (χ1v) is 28.6. The summed E-state index contributed by atoms with van der Waals surface area (Å²) in [5, 5.41) is 4.23. The number of hydrogen-bond acceptors (Lipinski definition) is 4. The van der Waals surface area contributed by atoms with Crippen LogP contribution < -0.4 is 43.5 Å². The molecule has 0 atom stereocenters. The van der Waals surface area contributed by atoms with Crippen molar-refractivity contribution in [3.05, 3.63) is 118 Å². The van der Waals surface area contributed by atoms with Crippen LogP contribution >= 0.6 is 7.82 Å². The SMILES string of the molecule is O=P1([O-])Oc2c(-c3c(C4CCCC4)cc(C4CCCC4)cc3C3CCCC3)cc3ccccc3c2-c2c(c(-c3c(C4CCCC4)cc(C4CCCC4)cc3C3CCCC3)cc3ccccc23)O1.[Na+]. The predicted molar refractivity (Wildman–Crippen MR) is 274 cm³/mol. The Morgan fingerprint density at radius 2 is 0.662 bits per heavy atom. The van der Waals surface area contributed by atoms with E-state index in [2.05, 4.69) is 84.9 Å². The summed E-state index contributed by atoms with van der Waals surface area (Å²) in [7, 11) is -5.01. The Bertz CT molecular complexity index is 2650. The minimum Gasteiger partial charge on any atom is -0.736 e. The summed E-state index contributed by atoms with van der Waals surface area (Å²) < 4.78 is 28.7. The van der Waals surface area contributed by atoms with Crippen LogP contribution in [0.3, 0.4) is 0 Å². The van der Waals surface area contributed by atoms with Gasteiger partial charge in [0.05, 0.1) is 0 Å². The van der Waals surface area contributed by atoms with Gasteiger partial charge in [0.25, 0.3) is 0 Å². The van der Waals surface area contributed by atoms with E-state index in [9.17, 15) is 0 Å². The predicted octanol–water partition coefficient (Wildman–Crippen LogP) is 15.2. The van der Waals surface area contributed by atoms with Gasteiger partial charge in [-0.05, 0) is 191 Å². The molecule has 6 aromatic carbocycles. The first-order chi connectivity index (χ1) is 33.0. The monoisotopic (exact) mass is 930 g/mol. The zero-order chi connectivity index (χ0) is 44.6. The van der Waals surface area contributed by atoms with E-state index in [-0.39, 0.29) is 29.6 Å². The summed E-state index contributed by atoms with van der Waals surface area (Å²) in [4.78, 5) is 15.2. The van der Waals surface area contributed by atoms with Gasteiger partial charge in [0.15, 0.2) is 0 Å². The number of phosphoric acid groups is 1. The van der Waals surface area contributed by atoms with Crippen LogP contribution in [0.4, 0.5) is 0 Å². The molecule has 0 spiro atoms. The van der Waals surface area contributed by atoms with Crippen molar-refractivity contribution >= 4 is 29.4 Å². The fourth-order valence-electron chi connectivity index (χ4n) is 15.2. The molecule has 0 aromatic heterocycles. The molecule has 0 radical (unpaired) electrons. The molecule has 0 bridgehead atoms. The third kappa shape index (κ3) is 8.17. The molecule has 0 saturated heterocycles. The molecule has 0 amide bonds. The second-order valence-electron chi connectivity index (χ2n) is 22.4. The second-order valence-corrected chi connectivity index (χ2v) is 23.6. The third-order valence-corrected chi connectivity index (χ3v) is 19.3. The van der Waals surface area contributed by atoms with E-state index in [1.807, 2.05) is 0 Å². The van der Waals surface area contributed by atoms with Crippen molar-refractivity contribution in [1.82, 2.24) is 0 Å². The van der Waals surface area contributed by atoms with Crippen LogP contribution in [0.2, 0.25) is 0 Å². The maximum Gasteiger partial charge on any atom is 1.00 e. The average molecular weight is 931 g/mol. The minimum atomic E-state index is -5.01. The van der Waals surface area contributed by atoms with Crippen LogP contribution in [-0.2, 0) is 4.57 Å². The largest absolute Gasteiger partial charge is 1.00 e. The van der Waals surface area contributed by atoms with Crippen molar-refractivity contribution < 1.29 is 48.1 Å². The van der Waals surface area contributed by atoms with Crippen molar-refractivity contribution in [3.8, 4) is 44.9 Å². The molecule has 4 nitrogen and oxygen atoms in total. The van der Waals surface area contributed by atoms with Gasteiger partial charge in [-0.3, -0.25) is 0 Å². The van der Waals surface area contributed by atoms with E-state index in [0.29, 0.717) is 47.0 Å². The molecular weight excluding hydrogens is 863 g/mol. The van der Waals surface area contributed by atoms with Crippen molar-refractivity contribution in [2.75, 3.05) is 0 Å². The van der Waals surface area contributed by atoms with E-state index in [4.69, 9.17) is 9.05 Å². The van der Waals surface area contributed by atoms with E-state index in [1.54, 1.807) is 0 Å². The molecule has 6 aliphatic carbocycles. The summed E-state index contributed by atoms with van der Waals surface area (Å²) in [6, 6.07) is 32.3. The van der Waals surface area contributed by atoms with Crippen molar-refractivity contribution in [2.45, 2.75) is 190 Å². The fourth-order valence-corrected chi connectivity index (χ4v) is 16.1. The Balaban J connectivity index is 0.00000480. The van der Waals surface area contributed by atoms with Crippen LogP contribution in [0.1, 0.15) is 223 Å². The molecule has 1 heterocycles. The Hall–Kier alpha value is -3.37. The molecule has 13 rings (SSSR count). The third-order valence-electron chi connectivity index (χ3n) is 18.5. The Kier molecular flexibility index (Phi) is 12.8. The summed E-state index contributed by atoms with van der Waals surface area (Å²) in [6.45, 7) is 0. The molecule has 6 heteroatoms. The summed E-state index contributed by atoms with van der Waals surface area (Å²) in [5.74, 6) is 3.86. The van der Waals surface area contributed by atoms with E-state index < -0.39 is 7.82 Å². The van der Waals surface area contributed by atoms with Gasteiger partial charge in [-0.25, -0.2) is 4.57 Å². The molecule has 7 aliphatic rings. The number of phosphoric ester groups is 1. The van der Waals surface area contributed by atoms with Gasteiger partial charge in [0, 0.05) is 22.3 Å². The quantitative estimate of drug-likeness (QED) is 0.113. The topological polar surface area (TPSA) is 58.6 Å². The number of fused-ring (bicyclic) bond motifs is 7. The molecular formula is C62H68NaO4P. The fraction of sp³-hybridized carbons (Fsp3) is 0.484. The van der Waals surface area contributed by atoms with Crippen LogP contribution in [0.15, 0.2) is 84.9 Å². The van der Waals surface area contributed by atoms with Crippen LogP contribution in [-0.4, -0.2) is 0 Å². The van der Waals surface area contributed by atoms with Crippen molar-refractivity contribution in [1.29, 1.82) is 0 Å². The van der Waals surface area contributed by atoms with Crippen molar-refractivity contribution in [3.63, 3.8) is 0 Å². The molecule has 346 valence electrons. The zero-order valence-corrected chi connectivity index (χ0v) is 43.5. The van der Waals surface area contributed by atoms with Gasteiger partial charge < -0.3 is 13.9 Å². The molecule has 0 N–H and O–H groups in total.